The molecule has 4 rings (SSSR count). The molecular formula is C28H30N4O2S. The highest BCUT2D eigenvalue weighted by Gasteiger charge is 2.18. The lowest BCUT2D eigenvalue weighted by atomic mass is 10.1. The van der Waals surface area contributed by atoms with Crippen LogP contribution in [-0.2, 0) is 11.2 Å². The van der Waals surface area contributed by atoms with Crippen LogP contribution in [0.25, 0.3) is 17.1 Å². The fourth-order valence-corrected chi connectivity index (χ4v) is 4.60. The van der Waals surface area contributed by atoms with Crippen molar-refractivity contribution in [2.45, 2.75) is 39.3 Å². The normalized spacial score (nSPS) is 10.9. The summed E-state index contributed by atoms with van der Waals surface area (Å²) < 4.78 is 7.59. The summed E-state index contributed by atoms with van der Waals surface area (Å²) >= 11 is 1.37. The van der Waals surface area contributed by atoms with Crippen LogP contribution < -0.4 is 10.1 Å². The third-order valence-electron chi connectivity index (χ3n) is 5.69. The van der Waals surface area contributed by atoms with Crippen LogP contribution in [0.4, 0.5) is 5.69 Å². The van der Waals surface area contributed by atoms with Gasteiger partial charge in [-0.15, -0.1) is 10.2 Å². The van der Waals surface area contributed by atoms with Crippen LogP contribution in [0.5, 0.6) is 5.75 Å². The molecule has 1 amide bonds. The summed E-state index contributed by atoms with van der Waals surface area (Å²) in [4.78, 5) is 12.9. The molecule has 0 unspecified atom stereocenters. The van der Waals surface area contributed by atoms with Crippen LogP contribution >= 0.6 is 11.8 Å². The number of anilines is 1. The first kappa shape index (κ1) is 24.5. The Morgan fingerprint density at radius 3 is 2.40 bits per heavy atom. The lowest BCUT2D eigenvalue weighted by molar-refractivity contribution is -0.113. The van der Waals surface area contributed by atoms with Crippen molar-refractivity contribution in [2.75, 3.05) is 17.7 Å². The van der Waals surface area contributed by atoms with Gasteiger partial charge in [-0.2, -0.15) is 0 Å². The minimum absolute atomic E-state index is 0.0721. The molecule has 0 saturated carbocycles. The van der Waals surface area contributed by atoms with Gasteiger partial charge in [-0.25, -0.2) is 0 Å². The Morgan fingerprint density at radius 1 is 0.971 bits per heavy atom. The van der Waals surface area contributed by atoms with E-state index in [1.807, 2.05) is 73.0 Å². The molecular weight excluding hydrogens is 456 g/mol. The van der Waals surface area contributed by atoms with Crippen molar-refractivity contribution in [1.29, 1.82) is 0 Å². The molecule has 3 aromatic carbocycles. The van der Waals surface area contributed by atoms with Crippen LogP contribution in [0.2, 0.25) is 0 Å². The zero-order chi connectivity index (χ0) is 24.8. The molecule has 0 bridgehead atoms. The number of aryl methyl sites for hydroxylation is 3. The zero-order valence-electron chi connectivity index (χ0n) is 20.5. The Morgan fingerprint density at radius 2 is 1.71 bits per heavy atom. The lowest BCUT2D eigenvalue weighted by Gasteiger charge is -2.14. The highest BCUT2D eigenvalue weighted by Crippen LogP contribution is 2.29. The van der Waals surface area contributed by atoms with E-state index >= 15 is 0 Å². The molecule has 0 atom stereocenters. The summed E-state index contributed by atoms with van der Waals surface area (Å²) in [6.45, 7) is 8.73. The Balaban J connectivity index is 1.61. The fourth-order valence-electron chi connectivity index (χ4n) is 3.85. The number of nitrogens with zero attached hydrogens (tertiary/aromatic N) is 3. The number of carbonyl (C=O) groups is 1. The molecule has 7 heteroatoms. The summed E-state index contributed by atoms with van der Waals surface area (Å²) in [7, 11) is 0. The highest BCUT2D eigenvalue weighted by molar-refractivity contribution is 7.99. The minimum Gasteiger partial charge on any atom is -0.494 e. The maximum Gasteiger partial charge on any atom is 0.234 e. The number of para-hydroxylation sites is 1. The van der Waals surface area contributed by atoms with Crippen LogP contribution in [0.15, 0.2) is 71.9 Å². The van der Waals surface area contributed by atoms with Crippen molar-refractivity contribution in [2.24, 2.45) is 0 Å². The number of hydrogen-bond donors (Lipinski definition) is 1. The number of thioether (sulfide) groups is 1. The second-order valence-electron chi connectivity index (χ2n) is 8.23. The number of hydrogen-bond acceptors (Lipinski definition) is 5. The van der Waals surface area contributed by atoms with Crippen LogP contribution in [0.3, 0.4) is 0 Å². The zero-order valence-corrected chi connectivity index (χ0v) is 21.4. The number of amides is 1. The molecule has 0 aliphatic heterocycles. The number of carbonyl (C=O) groups excluding carboxylic acids is 1. The Labute approximate surface area is 210 Å². The number of rotatable bonds is 9. The van der Waals surface area contributed by atoms with Crippen LogP contribution in [0, 0.1) is 13.8 Å². The topological polar surface area (TPSA) is 69.0 Å². The molecule has 1 aromatic heterocycles. The van der Waals surface area contributed by atoms with Crippen molar-refractivity contribution in [3.8, 4) is 22.8 Å². The van der Waals surface area contributed by atoms with Gasteiger partial charge in [0.15, 0.2) is 11.0 Å². The quantitative estimate of drug-likeness (QED) is 0.284. The van der Waals surface area contributed by atoms with E-state index < -0.39 is 0 Å². The van der Waals surface area contributed by atoms with Gasteiger partial charge >= 0.3 is 0 Å². The van der Waals surface area contributed by atoms with Gasteiger partial charge in [0.1, 0.15) is 5.75 Å². The molecule has 4 aromatic rings. The van der Waals surface area contributed by atoms with Crippen molar-refractivity contribution in [3.05, 3.63) is 83.4 Å². The molecule has 180 valence electrons. The molecule has 0 radical (unpaired) electrons. The first-order valence-corrected chi connectivity index (χ1v) is 12.8. The second-order valence-corrected chi connectivity index (χ2v) is 9.18. The molecule has 35 heavy (non-hydrogen) atoms. The summed E-state index contributed by atoms with van der Waals surface area (Å²) in [6.07, 6.45) is 0.858. The second kappa shape index (κ2) is 11.2. The van der Waals surface area contributed by atoms with Crippen molar-refractivity contribution >= 4 is 23.4 Å². The monoisotopic (exact) mass is 486 g/mol. The Hall–Kier alpha value is -3.58. The predicted molar refractivity (Wildman–Crippen MR) is 143 cm³/mol. The van der Waals surface area contributed by atoms with Gasteiger partial charge in [-0.3, -0.25) is 9.36 Å². The van der Waals surface area contributed by atoms with Gasteiger partial charge in [0.05, 0.1) is 12.4 Å². The predicted octanol–water partition coefficient (Wildman–Crippen LogP) is 6.24. The maximum absolute atomic E-state index is 12.9. The summed E-state index contributed by atoms with van der Waals surface area (Å²) in [5.41, 5.74) is 6.12. The van der Waals surface area contributed by atoms with E-state index in [-0.39, 0.29) is 11.7 Å². The summed E-state index contributed by atoms with van der Waals surface area (Å²) in [5, 5.41) is 12.7. The first-order chi connectivity index (χ1) is 17.0. The molecule has 0 aliphatic carbocycles. The standard InChI is InChI=1S/C28H30N4O2S/c1-5-21-9-7-8-20(4)26(21)29-25(33)18-35-28-31-30-27(22-12-10-19(3)11-13-22)32(28)23-14-16-24(17-15-23)34-6-2/h7-17H,5-6,18H2,1-4H3,(H,29,33). The average molecular weight is 487 g/mol. The summed E-state index contributed by atoms with van der Waals surface area (Å²) in [6, 6.07) is 22.1. The van der Waals surface area contributed by atoms with Crippen molar-refractivity contribution < 1.29 is 9.53 Å². The van der Waals surface area contributed by atoms with Gasteiger partial charge in [0.25, 0.3) is 0 Å². The molecule has 0 fully saturated rings. The van der Waals surface area contributed by atoms with Gasteiger partial charge in [0, 0.05) is 16.9 Å². The smallest absolute Gasteiger partial charge is 0.234 e. The molecule has 0 spiro atoms. The summed E-state index contributed by atoms with van der Waals surface area (Å²) in [5.74, 6) is 1.68. The molecule has 6 nitrogen and oxygen atoms in total. The maximum atomic E-state index is 12.9. The van der Waals surface area contributed by atoms with Crippen molar-refractivity contribution in [3.63, 3.8) is 0 Å². The van der Waals surface area contributed by atoms with E-state index in [1.54, 1.807) is 0 Å². The first-order valence-electron chi connectivity index (χ1n) is 11.8. The van der Waals surface area contributed by atoms with Gasteiger partial charge in [0.2, 0.25) is 5.91 Å². The third kappa shape index (κ3) is 5.74. The Kier molecular flexibility index (Phi) is 7.87. The minimum atomic E-state index is -0.0721. The fraction of sp³-hybridized carbons (Fsp3) is 0.250. The van der Waals surface area contributed by atoms with Gasteiger partial charge in [-0.1, -0.05) is 66.7 Å². The number of aromatic nitrogens is 3. The lowest BCUT2D eigenvalue weighted by Crippen LogP contribution is -2.16. The van der Waals surface area contributed by atoms with E-state index in [0.29, 0.717) is 11.8 Å². The third-order valence-corrected chi connectivity index (χ3v) is 6.61. The van der Waals surface area contributed by atoms with E-state index in [1.165, 1.54) is 17.3 Å². The molecule has 0 saturated heterocycles. The highest BCUT2D eigenvalue weighted by atomic mass is 32.2. The van der Waals surface area contributed by atoms with E-state index in [9.17, 15) is 4.79 Å². The molecule has 1 heterocycles. The largest absolute Gasteiger partial charge is 0.494 e. The van der Waals surface area contributed by atoms with Crippen LogP contribution in [0.1, 0.15) is 30.5 Å². The SMILES string of the molecule is CCOc1ccc(-n2c(SCC(=O)Nc3c(C)cccc3CC)nnc2-c2ccc(C)cc2)cc1. The number of nitrogens with one attached hydrogen (secondary N) is 1. The van der Waals surface area contributed by atoms with E-state index in [2.05, 4.69) is 41.5 Å². The van der Waals surface area contributed by atoms with E-state index in [0.717, 1.165) is 46.1 Å². The average Bonchev–Trinajstić information content (AvgIpc) is 3.29. The van der Waals surface area contributed by atoms with E-state index in [4.69, 9.17) is 4.74 Å². The Bertz CT molecular complexity index is 1300. The van der Waals surface area contributed by atoms with Crippen molar-refractivity contribution in [1.82, 2.24) is 14.8 Å². The van der Waals surface area contributed by atoms with Crippen LogP contribution in [-0.4, -0.2) is 33.0 Å². The molecule has 1 N–H and O–H groups in total. The number of ether oxygens (including phenoxy) is 1. The molecule has 0 aliphatic rings. The van der Waals surface area contributed by atoms with Gasteiger partial charge in [-0.05, 0) is 62.6 Å². The number of benzene rings is 3. The van der Waals surface area contributed by atoms with Gasteiger partial charge < -0.3 is 10.1 Å².